The quantitative estimate of drug-likeness (QED) is 0.788. The van der Waals surface area contributed by atoms with E-state index in [-0.39, 0.29) is 18.3 Å². The maximum absolute atomic E-state index is 13.1. The third-order valence-electron chi connectivity index (χ3n) is 2.56. The number of halogens is 1. The molecule has 0 saturated carbocycles. The molecule has 1 atom stereocenters. The molecule has 0 aliphatic rings. The number of amides is 1. The summed E-state index contributed by atoms with van der Waals surface area (Å²) in [6, 6.07) is 3.50. The predicted molar refractivity (Wildman–Crippen MR) is 69.2 cm³/mol. The molecule has 1 amide bonds. The van der Waals surface area contributed by atoms with E-state index in [1.807, 2.05) is 6.92 Å². The summed E-state index contributed by atoms with van der Waals surface area (Å²) in [4.78, 5) is 22.5. The van der Waals surface area contributed by atoms with E-state index < -0.39 is 12.0 Å². The molecule has 1 aromatic carbocycles. The summed E-state index contributed by atoms with van der Waals surface area (Å²) in [7, 11) is 1.24. The zero-order chi connectivity index (χ0) is 14.4. The Hall–Kier alpha value is -2.11. The second-order valence-corrected chi connectivity index (χ2v) is 4.12. The van der Waals surface area contributed by atoms with Crippen LogP contribution in [0.2, 0.25) is 0 Å². The summed E-state index contributed by atoms with van der Waals surface area (Å²) in [6.07, 6.45) is 0. The van der Waals surface area contributed by atoms with E-state index in [4.69, 9.17) is 0 Å². The molecular formula is C13H17FN2O3. The van der Waals surface area contributed by atoms with Crippen molar-refractivity contribution in [3.05, 3.63) is 29.6 Å². The van der Waals surface area contributed by atoms with Crippen LogP contribution in [0.3, 0.4) is 0 Å². The third kappa shape index (κ3) is 4.57. The van der Waals surface area contributed by atoms with Crippen molar-refractivity contribution in [3.63, 3.8) is 0 Å². The predicted octanol–water partition coefficient (Wildman–Crippen LogP) is 1.22. The SMILES string of the molecule is COC(=O)C(CNc1cc(F)ccc1C)NC(C)=O. The van der Waals surface area contributed by atoms with Crippen LogP contribution in [0, 0.1) is 12.7 Å². The molecule has 0 bridgehead atoms. The van der Waals surface area contributed by atoms with E-state index in [1.165, 1.54) is 26.2 Å². The Bertz CT molecular complexity index is 477. The van der Waals surface area contributed by atoms with Crippen molar-refractivity contribution in [3.8, 4) is 0 Å². The van der Waals surface area contributed by atoms with Crippen LogP contribution >= 0.6 is 0 Å². The Morgan fingerprint density at radius 1 is 1.42 bits per heavy atom. The van der Waals surface area contributed by atoms with Gasteiger partial charge in [-0.2, -0.15) is 0 Å². The standard InChI is InChI=1S/C13H17FN2O3/c1-8-4-5-10(14)6-11(8)15-7-12(13(18)19-3)16-9(2)17/h4-6,12,15H,7H2,1-3H3,(H,16,17). The van der Waals surface area contributed by atoms with Crippen LogP contribution in [0.25, 0.3) is 0 Å². The number of anilines is 1. The van der Waals surface area contributed by atoms with Gasteiger partial charge in [-0.1, -0.05) is 6.07 Å². The van der Waals surface area contributed by atoms with Gasteiger partial charge in [0.05, 0.1) is 7.11 Å². The highest BCUT2D eigenvalue weighted by Crippen LogP contribution is 2.15. The summed E-state index contributed by atoms with van der Waals surface area (Å²) in [6.45, 7) is 3.24. The zero-order valence-electron chi connectivity index (χ0n) is 11.1. The van der Waals surface area contributed by atoms with Crippen molar-refractivity contribution in [2.75, 3.05) is 19.0 Å². The highest BCUT2D eigenvalue weighted by Gasteiger charge is 2.19. The topological polar surface area (TPSA) is 67.4 Å². The second-order valence-electron chi connectivity index (χ2n) is 4.12. The first-order valence-electron chi connectivity index (χ1n) is 5.79. The molecule has 0 spiro atoms. The van der Waals surface area contributed by atoms with Gasteiger partial charge >= 0.3 is 5.97 Å². The largest absolute Gasteiger partial charge is 0.467 e. The summed E-state index contributed by atoms with van der Waals surface area (Å²) in [5.41, 5.74) is 1.41. The molecule has 1 unspecified atom stereocenters. The van der Waals surface area contributed by atoms with Crippen LogP contribution in [-0.4, -0.2) is 31.6 Å². The first-order valence-corrected chi connectivity index (χ1v) is 5.79. The average Bonchev–Trinajstić information content (AvgIpc) is 2.36. The third-order valence-corrected chi connectivity index (χ3v) is 2.56. The van der Waals surface area contributed by atoms with Gasteiger partial charge in [-0.25, -0.2) is 9.18 Å². The molecule has 0 aliphatic heterocycles. The van der Waals surface area contributed by atoms with Gasteiger partial charge in [0.25, 0.3) is 0 Å². The van der Waals surface area contributed by atoms with Gasteiger partial charge in [-0.3, -0.25) is 4.79 Å². The Labute approximate surface area is 111 Å². The van der Waals surface area contributed by atoms with Crippen LogP contribution < -0.4 is 10.6 Å². The number of benzene rings is 1. The first-order chi connectivity index (χ1) is 8.93. The van der Waals surface area contributed by atoms with E-state index in [9.17, 15) is 14.0 Å². The maximum atomic E-state index is 13.1. The molecule has 1 aromatic rings. The zero-order valence-corrected chi connectivity index (χ0v) is 11.1. The van der Waals surface area contributed by atoms with E-state index >= 15 is 0 Å². The van der Waals surface area contributed by atoms with Crippen molar-refractivity contribution in [1.82, 2.24) is 5.32 Å². The Morgan fingerprint density at radius 3 is 2.68 bits per heavy atom. The second kappa shape index (κ2) is 6.72. The van der Waals surface area contributed by atoms with Crippen LogP contribution in [-0.2, 0) is 14.3 Å². The van der Waals surface area contributed by atoms with E-state index in [2.05, 4.69) is 15.4 Å². The summed E-state index contributed by atoms with van der Waals surface area (Å²) >= 11 is 0. The highest BCUT2D eigenvalue weighted by atomic mass is 19.1. The van der Waals surface area contributed by atoms with Crippen LogP contribution in [0.4, 0.5) is 10.1 Å². The summed E-state index contributed by atoms with van der Waals surface area (Å²) in [5, 5.41) is 5.38. The van der Waals surface area contributed by atoms with Crippen molar-refractivity contribution < 1.29 is 18.7 Å². The molecule has 0 heterocycles. The monoisotopic (exact) mass is 268 g/mol. The number of hydrogen-bond donors (Lipinski definition) is 2. The fourth-order valence-corrected chi connectivity index (χ4v) is 1.58. The molecule has 1 rings (SSSR count). The molecule has 2 N–H and O–H groups in total. The number of rotatable bonds is 5. The number of carbonyl (C=O) groups is 2. The normalized spacial score (nSPS) is 11.6. The van der Waals surface area contributed by atoms with Gasteiger partial charge in [-0.15, -0.1) is 0 Å². The van der Waals surface area contributed by atoms with E-state index in [0.29, 0.717) is 5.69 Å². The molecule has 0 aliphatic carbocycles. The number of ether oxygens (including phenoxy) is 1. The molecule has 0 fully saturated rings. The van der Waals surface area contributed by atoms with Crippen molar-refractivity contribution in [2.24, 2.45) is 0 Å². The minimum atomic E-state index is -0.815. The van der Waals surface area contributed by atoms with E-state index in [1.54, 1.807) is 6.07 Å². The number of hydrogen-bond acceptors (Lipinski definition) is 4. The maximum Gasteiger partial charge on any atom is 0.330 e. The Kier molecular flexibility index (Phi) is 5.29. The smallest absolute Gasteiger partial charge is 0.330 e. The van der Waals surface area contributed by atoms with Crippen molar-refractivity contribution in [2.45, 2.75) is 19.9 Å². The molecular weight excluding hydrogens is 251 g/mol. The van der Waals surface area contributed by atoms with Gasteiger partial charge < -0.3 is 15.4 Å². The molecule has 104 valence electrons. The fourth-order valence-electron chi connectivity index (χ4n) is 1.58. The minimum absolute atomic E-state index is 0.122. The Morgan fingerprint density at radius 2 is 2.11 bits per heavy atom. The van der Waals surface area contributed by atoms with Gasteiger partial charge in [0.15, 0.2) is 0 Å². The lowest BCUT2D eigenvalue weighted by atomic mass is 10.2. The fraction of sp³-hybridized carbons (Fsp3) is 0.385. The van der Waals surface area contributed by atoms with Crippen LogP contribution in [0.1, 0.15) is 12.5 Å². The lowest BCUT2D eigenvalue weighted by molar-refractivity contribution is -0.144. The molecule has 19 heavy (non-hydrogen) atoms. The lowest BCUT2D eigenvalue weighted by Gasteiger charge is -2.17. The number of aryl methyl sites for hydroxylation is 1. The number of esters is 1. The van der Waals surface area contributed by atoms with Gasteiger partial charge in [0, 0.05) is 19.2 Å². The molecule has 6 heteroatoms. The van der Waals surface area contributed by atoms with Crippen LogP contribution in [0.5, 0.6) is 0 Å². The number of nitrogens with one attached hydrogen (secondary N) is 2. The lowest BCUT2D eigenvalue weighted by Crippen LogP contribution is -2.45. The molecule has 0 aromatic heterocycles. The average molecular weight is 268 g/mol. The first kappa shape index (κ1) is 14.9. The minimum Gasteiger partial charge on any atom is -0.467 e. The van der Waals surface area contributed by atoms with Gasteiger partial charge in [-0.05, 0) is 24.6 Å². The molecule has 0 radical (unpaired) electrons. The summed E-state index contributed by atoms with van der Waals surface area (Å²) in [5.74, 6) is -1.27. The Balaban J connectivity index is 2.72. The molecule has 0 saturated heterocycles. The highest BCUT2D eigenvalue weighted by molar-refractivity contribution is 5.83. The van der Waals surface area contributed by atoms with Crippen molar-refractivity contribution in [1.29, 1.82) is 0 Å². The van der Waals surface area contributed by atoms with Gasteiger partial charge in [0.2, 0.25) is 5.91 Å². The number of methoxy groups -OCH3 is 1. The molecule has 5 nitrogen and oxygen atoms in total. The van der Waals surface area contributed by atoms with E-state index in [0.717, 1.165) is 5.56 Å². The number of carbonyl (C=O) groups excluding carboxylic acids is 2. The van der Waals surface area contributed by atoms with Crippen LogP contribution in [0.15, 0.2) is 18.2 Å². The summed E-state index contributed by atoms with van der Waals surface area (Å²) < 4.78 is 17.7. The van der Waals surface area contributed by atoms with Crippen molar-refractivity contribution >= 4 is 17.6 Å². The van der Waals surface area contributed by atoms with Gasteiger partial charge in [0.1, 0.15) is 11.9 Å².